The van der Waals surface area contributed by atoms with Crippen molar-refractivity contribution in [3.63, 3.8) is 0 Å². The van der Waals surface area contributed by atoms with E-state index in [4.69, 9.17) is 4.74 Å². The van der Waals surface area contributed by atoms with E-state index < -0.39 is 0 Å². The molecule has 41 heavy (non-hydrogen) atoms. The van der Waals surface area contributed by atoms with E-state index in [0.29, 0.717) is 17.4 Å². The van der Waals surface area contributed by atoms with E-state index >= 15 is 0 Å². The molecular weight excluding hydrogens is 528 g/mol. The molecule has 0 aliphatic carbocycles. The second kappa shape index (κ2) is 11.3. The normalized spacial score (nSPS) is 14.7. The van der Waals surface area contributed by atoms with E-state index in [-0.39, 0.29) is 24.3 Å². The lowest BCUT2D eigenvalue weighted by Gasteiger charge is -2.17. The lowest BCUT2D eigenvalue weighted by molar-refractivity contribution is -0.123. The number of fused-ring (bicyclic) bond motifs is 2. The number of imide groups is 1. The molecule has 5 aromatic rings. The standard InChI is InChI=1S/C35H32N2O3S/c1-23(2)28-16-15-24(3)19-32(28)40-18-17-37-34(38)33(41-35(37)39)20-27-22-36(31-14-7-6-13-30(27)31)21-26-11-8-10-25-9-4-5-12-29(25)26/h4-16,19-20,22-23H,17-18,21H2,1-3H3/b33-20-. The molecule has 5 nitrogen and oxygen atoms in total. The van der Waals surface area contributed by atoms with Gasteiger partial charge in [0.2, 0.25) is 0 Å². The van der Waals surface area contributed by atoms with Gasteiger partial charge in [0.1, 0.15) is 12.4 Å². The van der Waals surface area contributed by atoms with Crippen molar-refractivity contribution in [2.45, 2.75) is 33.2 Å². The largest absolute Gasteiger partial charge is 0.491 e. The highest BCUT2D eigenvalue weighted by Crippen LogP contribution is 2.35. The zero-order valence-electron chi connectivity index (χ0n) is 23.5. The number of para-hydroxylation sites is 1. The zero-order valence-corrected chi connectivity index (χ0v) is 24.3. The molecule has 0 atom stereocenters. The van der Waals surface area contributed by atoms with Crippen LogP contribution in [0.25, 0.3) is 27.8 Å². The first-order chi connectivity index (χ1) is 19.9. The van der Waals surface area contributed by atoms with Gasteiger partial charge in [0.15, 0.2) is 0 Å². The number of rotatable bonds is 8. The summed E-state index contributed by atoms with van der Waals surface area (Å²) in [5.74, 6) is 0.845. The van der Waals surface area contributed by atoms with Crippen molar-refractivity contribution >= 4 is 50.7 Å². The third-order valence-corrected chi connectivity index (χ3v) is 8.47. The molecule has 6 heteroatoms. The molecule has 0 N–H and O–H groups in total. The molecule has 0 bridgehead atoms. The van der Waals surface area contributed by atoms with Crippen LogP contribution in [0, 0.1) is 6.92 Å². The van der Waals surface area contributed by atoms with Crippen LogP contribution in [0.1, 0.15) is 42.0 Å². The third-order valence-electron chi connectivity index (χ3n) is 7.56. The quantitative estimate of drug-likeness (QED) is 0.179. The molecule has 1 aliphatic heterocycles. The van der Waals surface area contributed by atoms with E-state index in [1.165, 1.54) is 21.2 Å². The van der Waals surface area contributed by atoms with Gasteiger partial charge < -0.3 is 9.30 Å². The summed E-state index contributed by atoms with van der Waals surface area (Å²) in [6.45, 7) is 7.42. The van der Waals surface area contributed by atoms with Gasteiger partial charge in [-0.25, -0.2) is 0 Å². The zero-order chi connectivity index (χ0) is 28.5. The number of benzene rings is 4. The highest BCUT2D eigenvalue weighted by Gasteiger charge is 2.35. The Morgan fingerprint density at radius 2 is 1.66 bits per heavy atom. The second-order valence-corrected chi connectivity index (χ2v) is 11.7. The molecule has 0 spiro atoms. The van der Waals surface area contributed by atoms with Crippen LogP contribution in [0.3, 0.4) is 0 Å². The number of thioether (sulfide) groups is 1. The Balaban J connectivity index is 1.23. The molecule has 2 amide bonds. The summed E-state index contributed by atoms with van der Waals surface area (Å²) in [5, 5.41) is 3.22. The van der Waals surface area contributed by atoms with Gasteiger partial charge in [-0.3, -0.25) is 14.5 Å². The number of carbonyl (C=O) groups is 2. The third kappa shape index (κ3) is 5.40. The van der Waals surface area contributed by atoms with Crippen molar-refractivity contribution in [2.75, 3.05) is 13.2 Å². The van der Waals surface area contributed by atoms with Gasteiger partial charge in [0.25, 0.3) is 11.1 Å². The first-order valence-electron chi connectivity index (χ1n) is 13.9. The van der Waals surface area contributed by atoms with Crippen LogP contribution in [-0.4, -0.2) is 33.8 Å². The number of hydrogen-bond donors (Lipinski definition) is 0. The number of ether oxygens (including phenoxy) is 1. The Morgan fingerprint density at radius 3 is 2.49 bits per heavy atom. The van der Waals surface area contributed by atoms with E-state index in [2.05, 4.69) is 91.3 Å². The monoisotopic (exact) mass is 560 g/mol. The van der Waals surface area contributed by atoms with Crippen molar-refractivity contribution < 1.29 is 14.3 Å². The SMILES string of the molecule is Cc1ccc(C(C)C)c(OCCN2C(=O)S/C(=C\c3cn(Cc4cccc5ccccc45)c4ccccc34)C2=O)c1. The summed E-state index contributed by atoms with van der Waals surface area (Å²) in [6.07, 6.45) is 3.93. The first kappa shape index (κ1) is 26.9. The van der Waals surface area contributed by atoms with E-state index in [1.807, 2.05) is 31.2 Å². The van der Waals surface area contributed by atoms with Crippen LogP contribution in [0.2, 0.25) is 0 Å². The number of aromatic nitrogens is 1. The molecular formula is C35H32N2O3S. The highest BCUT2D eigenvalue weighted by molar-refractivity contribution is 8.18. The van der Waals surface area contributed by atoms with Gasteiger partial charge in [-0.1, -0.05) is 86.6 Å². The fourth-order valence-electron chi connectivity index (χ4n) is 5.46. The predicted molar refractivity (Wildman–Crippen MR) is 168 cm³/mol. The number of amides is 2. The minimum atomic E-state index is -0.275. The van der Waals surface area contributed by atoms with Crippen molar-refractivity contribution in [3.05, 3.63) is 118 Å². The van der Waals surface area contributed by atoms with Crippen LogP contribution < -0.4 is 4.74 Å². The summed E-state index contributed by atoms with van der Waals surface area (Å²) < 4.78 is 8.28. The molecule has 1 fully saturated rings. The van der Waals surface area contributed by atoms with Gasteiger partial charge in [-0.2, -0.15) is 0 Å². The summed E-state index contributed by atoms with van der Waals surface area (Å²) in [7, 11) is 0. The molecule has 4 aromatic carbocycles. The summed E-state index contributed by atoms with van der Waals surface area (Å²) in [5.41, 5.74) is 5.45. The maximum Gasteiger partial charge on any atom is 0.293 e. The average molecular weight is 561 g/mol. The molecule has 1 aliphatic rings. The molecule has 0 unspecified atom stereocenters. The smallest absolute Gasteiger partial charge is 0.293 e. The fraction of sp³-hybridized carbons (Fsp3) is 0.200. The van der Waals surface area contributed by atoms with E-state index in [1.54, 1.807) is 0 Å². The lowest BCUT2D eigenvalue weighted by atomic mass is 10.0. The van der Waals surface area contributed by atoms with Gasteiger partial charge in [-0.05, 0) is 70.3 Å². The Labute approximate surface area is 244 Å². The molecule has 2 heterocycles. The molecule has 0 saturated carbocycles. The second-order valence-electron chi connectivity index (χ2n) is 10.7. The minimum Gasteiger partial charge on any atom is -0.491 e. The Bertz CT molecular complexity index is 1810. The Kier molecular flexibility index (Phi) is 7.41. The lowest BCUT2D eigenvalue weighted by Crippen LogP contribution is -2.32. The summed E-state index contributed by atoms with van der Waals surface area (Å²) >= 11 is 0.991. The van der Waals surface area contributed by atoms with Gasteiger partial charge in [0, 0.05) is 29.2 Å². The van der Waals surface area contributed by atoms with Gasteiger partial charge >= 0.3 is 0 Å². The molecule has 206 valence electrons. The maximum atomic E-state index is 13.3. The predicted octanol–water partition coefficient (Wildman–Crippen LogP) is 8.39. The van der Waals surface area contributed by atoms with E-state index in [9.17, 15) is 9.59 Å². The number of hydrogen-bond acceptors (Lipinski definition) is 4. The summed E-state index contributed by atoms with van der Waals surface area (Å²) in [6, 6.07) is 29.1. The Hall–Kier alpha value is -4.29. The van der Waals surface area contributed by atoms with Crippen LogP contribution in [-0.2, 0) is 11.3 Å². The number of nitrogens with zero attached hydrogens (tertiary/aromatic N) is 2. The van der Waals surface area contributed by atoms with Crippen molar-refractivity contribution in [2.24, 2.45) is 0 Å². The number of carbonyl (C=O) groups excluding carboxylic acids is 2. The number of aryl methyl sites for hydroxylation is 1. The van der Waals surface area contributed by atoms with Crippen LogP contribution >= 0.6 is 11.8 Å². The van der Waals surface area contributed by atoms with Crippen molar-refractivity contribution in [3.8, 4) is 5.75 Å². The van der Waals surface area contributed by atoms with Crippen LogP contribution in [0.4, 0.5) is 4.79 Å². The minimum absolute atomic E-state index is 0.205. The van der Waals surface area contributed by atoms with Crippen LogP contribution in [0.15, 0.2) is 96.0 Å². The molecule has 1 aromatic heterocycles. The van der Waals surface area contributed by atoms with Crippen molar-refractivity contribution in [1.82, 2.24) is 9.47 Å². The average Bonchev–Trinajstić information content (AvgIpc) is 3.44. The fourth-order valence-corrected chi connectivity index (χ4v) is 6.32. The molecule has 6 rings (SSSR count). The maximum absolute atomic E-state index is 13.3. The summed E-state index contributed by atoms with van der Waals surface area (Å²) in [4.78, 5) is 27.9. The van der Waals surface area contributed by atoms with Gasteiger partial charge in [0.05, 0.1) is 11.4 Å². The molecule has 1 saturated heterocycles. The Morgan fingerprint density at radius 1 is 0.902 bits per heavy atom. The van der Waals surface area contributed by atoms with Crippen molar-refractivity contribution in [1.29, 1.82) is 0 Å². The van der Waals surface area contributed by atoms with E-state index in [0.717, 1.165) is 45.1 Å². The topological polar surface area (TPSA) is 51.5 Å². The molecule has 0 radical (unpaired) electrons. The highest BCUT2D eigenvalue weighted by atomic mass is 32.2. The van der Waals surface area contributed by atoms with Crippen LogP contribution in [0.5, 0.6) is 5.75 Å². The van der Waals surface area contributed by atoms with Gasteiger partial charge in [-0.15, -0.1) is 0 Å². The first-order valence-corrected chi connectivity index (χ1v) is 14.7.